The van der Waals surface area contributed by atoms with Crippen LogP contribution in [0.5, 0.6) is 5.75 Å². The average Bonchev–Trinajstić information content (AvgIpc) is 3.39. The first-order valence-corrected chi connectivity index (χ1v) is 11.8. The number of carbonyl (C=O) groups is 1. The van der Waals surface area contributed by atoms with E-state index in [0.717, 1.165) is 22.3 Å². The molecule has 1 atom stereocenters. The molecule has 0 spiro atoms. The molecule has 1 heterocycles. The van der Waals surface area contributed by atoms with Crippen LogP contribution >= 0.6 is 0 Å². The van der Waals surface area contributed by atoms with Crippen LogP contribution in [0.15, 0.2) is 120 Å². The molecule has 0 saturated heterocycles. The summed E-state index contributed by atoms with van der Waals surface area (Å²) in [5.41, 5.74) is 4.37. The minimum absolute atomic E-state index is 0.135. The average molecular weight is 476 g/mol. The molecule has 0 aliphatic carbocycles. The number of rotatable bonds is 8. The van der Waals surface area contributed by atoms with Crippen molar-refractivity contribution < 1.29 is 18.7 Å². The summed E-state index contributed by atoms with van der Waals surface area (Å²) in [6.45, 7) is 1.96. The molecular formula is C31H25NO4. The van der Waals surface area contributed by atoms with E-state index in [1.165, 1.54) is 0 Å². The van der Waals surface area contributed by atoms with Gasteiger partial charge in [-0.2, -0.15) is 0 Å². The van der Waals surface area contributed by atoms with E-state index in [1.807, 2.05) is 109 Å². The first kappa shape index (κ1) is 23.1. The van der Waals surface area contributed by atoms with Crippen molar-refractivity contribution in [1.29, 1.82) is 0 Å². The summed E-state index contributed by atoms with van der Waals surface area (Å²) >= 11 is 0. The lowest BCUT2D eigenvalue weighted by Gasteiger charge is -2.15. The molecular weight excluding hydrogens is 450 g/mol. The highest BCUT2D eigenvalue weighted by Gasteiger charge is 2.32. The summed E-state index contributed by atoms with van der Waals surface area (Å²) in [5, 5.41) is 0. The van der Waals surface area contributed by atoms with Gasteiger partial charge in [-0.25, -0.2) is 9.78 Å². The van der Waals surface area contributed by atoms with Gasteiger partial charge in [0.15, 0.2) is 5.76 Å². The van der Waals surface area contributed by atoms with Gasteiger partial charge < -0.3 is 13.9 Å². The van der Waals surface area contributed by atoms with Gasteiger partial charge in [0.1, 0.15) is 11.4 Å². The quantitative estimate of drug-likeness (QED) is 0.219. The third-order valence-corrected chi connectivity index (χ3v) is 5.65. The second-order valence-electron chi connectivity index (χ2n) is 8.11. The van der Waals surface area contributed by atoms with Gasteiger partial charge in [-0.05, 0) is 30.2 Å². The van der Waals surface area contributed by atoms with Crippen molar-refractivity contribution in [2.45, 2.75) is 13.0 Å². The molecule has 178 valence electrons. The van der Waals surface area contributed by atoms with Crippen molar-refractivity contribution in [3.05, 3.63) is 121 Å². The number of hydrogen-bond donors (Lipinski definition) is 0. The third kappa shape index (κ3) is 5.05. The van der Waals surface area contributed by atoms with Crippen LogP contribution in [0, 0.1) is 0 Å². The van der Waals surface area contributed by atoms with Crippen LogP contribution in [0.2, 0.25) is 0 Å². The van der Waals surface area contributed by atoms with Crippen LogP contribution in [0.25, 0.3) is 33.7 Å². The predicted molar refractivity (Wildman–Crippen MR) is 139 cm³/mol. The van der Waals surface area contributed by atoms with E-state index < -0.39 is 12.1 Å². The monoisotopic (exact) mass is 475 g/mol. The van der Waals surface area contributed by atoms with Gasteiger partial charge >= 0.3 is 5.97 Å². The number of ether oxygens (including phenoxy) is 2. The number of oxazole rings is 1. The van der Waals surface area contributed by atoms with Gasteiger partial charge in [0, 0.05) is 11.1 Å². The van der Waals surface area contributed by atoms with Crippen LogP contribution in [-0.4, -0.2) is 17.6 Å². The lowest BCUT2D eigenvalue weighted by atomic mass is 10.1. The van der Waals surface area contributed by atoms with Gasteiger partial charge in [0.05, 0.1) is 6.61 Å². The number of benzene rings is 4. The van der Waals surface area contributed by atoms with Crippen LogP contribution in [-0.2, 0) is 9.53 Å². The van der Waals surface area contributed by atoms with Crippen LogP contribution in [0.1, 0.15) is 18.9 Å². The van der Waals surface area contributed by atoms with Crippen molar-refractivity contribution in [2.75, 3.05) is 6.61 Å². The Hall–Kier alpha value is -4.64. The maximum atomic E-state index is 13.0. The summed E-state index contributed by atoms with van der Waals surface area (Å²) in [6, 6.07) is 37.0. The minimum atomic E-state index is -1.17. The highest BCUT2D eigenvalue weighted by Crippen LogP contribution is 2.36. The summed E-state index contributed by atoms with van der Waals surface area (Å²) < 4.78 is 17.8. The van der Waals surface area contributed by atoms with Gasteiger partial charge in [-0.1, -0.05) is 103 Å². The summed E-state index contributed by atoms with van der Waals surface area (Å²) in [7, 11) is 0. The molecule has 5 heteroatoms. The SMILES string of the molecule is CCOC(=O)C(Oc1cccc(-c2ccccc2)c1)c1nc(-c2ccccc2)c(-c2ccccc2)o1. The maximum absolute atomic E-state index is 13.0. The lowest BCUT2D eigenvalue weighted by molar-refractivity contribution is -0.152. The molecule has 0 aliphatic heterocycles. The predicted octanol–water partition coefficient (Wildman–Crippen LogP) is 7.36. The normalized spacial score (nSPS) is 11.6. The molecule has 0 saturated carbocycles. The number of nitrogens with zero attached hydrogens (tertiary/aromatic N) is 1. The molecule has 36 heavy (non-hydrogen) atoms. The molecule has 5 rings (SSSR count). The molecule has 0 fully saturated rings. The van der Waals surface area contributed by atoms with Gasteiger partial charge in [0.2, 0.25) is 5.89 Å². The largest absolute Gasteiger partial charge is 0.469 e. The minimum Gasteiger partial charge on any atom is -0.469 e. The Balaban J connectivity index is 1.56. The fraction of sp³-hybridized carbons (Fsp3) is 0.0968. The molecule has 5 aromatic rings. The first-order valence-electron chi connectivity index (χ1n) is 11.8. The molecule has 0 N–H and O–H groups in total. The highest BCUT2D eigenvalue weighted by molar-refractivity contribution is 5.80. The molecule has 1 unspecified atom stereocenters. The van der Waals surface area contributed by atoms with Gasteiger partial charge in [-0.3, -0.25) is 0 Å². The van der Waals surface area contributed by atoms with Gasteiger partial charge in [-0.15, -0.1) is 0 Å². The Kier molecular flexibility index (Phi) is 6.90. The third-order valence-electron chi connectivity index (χ3n) is 5.65. The Morgan fingerprint density at radius 2 is 1.33 bits per heavy atom. The molecule has 0 aliphatic rings. The smallest absolute Gasteiger partial charge is 0.357 e. The fourth-order valence-electron chi connectivity index (χ4n) is 3.96. The van der Waals surface area contributed by atoms with Crippen LogP contribution in [0.3, 0.4) is 0 Å². The van der Waals surface area contributed by atoms with E-state index >= 15 is 0 Å². The summed E-state index contributed by atoms with van der Waals surface area (Å²) in [5.74, 6) is 0.641. The van der Waals surface area contributed by atoms with E-state index in [2.05, 4.69) is 0 Å². The molecule has 4 aromatic carbocycles. The molecule has 0 radical (unpaired) electrons. The van der Waals surface area contributed by atoms with Crippen LogP contribution < -0.4 is 4.74 Å². The van der Waals surface area contributed by atoms with E-state index in [9.17, 15) is 4.79 Å². The number of esters is 1. The van der Waals surface area contributed by atoms with E-state index in [4.69, 9.17) is 18.9 Å². The van der Waals surface area contributed by atoms with Crippen molar-refractivity contribution in [3.8, 4) is 39.5 Å². The molecule has 0 bridgehead atoms. The first-order chi connectivity index (χ1) is 17.7. The highest BCUT2D eigenvalue weighted by atomic mass is 16.6. The Labute approximate surface area is 210 Å². The zero-order valence-electron chi connectivity index (χ0n) is 19.8. The number of aromatic nitrogens is 1. The Bertz CT molecular complexity index is 1370. The molecule has 1 aromatic heterocycles. The zero-order valence-corrected chi connectivity index (χ0v) is 19.8. The second-order valence-corrected chi connectivity index (χ2v) is 8.11. The topological polar surface area (TPSA) is 61.6 Å². The van der Waals surface area contributed by atoms with Crippen molar-refractivity contribution in [2.24, 2.45) is 0 Å². The number of carbonyl (C=O) groups excluding carboxylic acids is 1. The van der Waals surface area contributed by atoms with Crippen molar-refractivity contribution in [3.63, 3.8) is 0 Å². The van der Waals surface area contributed by atoms with Crippen molar-refractivity contribution >= 4 is 5.97 Å². The number of hydrogen-bond acceptors (Lipinski definition) is 5. The zero-order chi connectivity index (χ0) is 24.7. The second kappa shape index (κ2) is 10.7. The molecule has 0 amide bonds. The van der Waals surface area contributed by atoms with E-state index in [-0.39, 0.29) is 12.5 Å². The van der Waals surface area contributed by atoms with E-state index in [0.29, 0.717) is 17.2 Å². The Morgan fingerprint density at radius 1 is 0.750 bits per heavy atom. The maximum Gasteiger partial charge on any atom is 0.357 e. The molecule has 5 nitrogen and oxygen atoms in total. The summed E-state index contributed by atoms with van der Waals surface area (Å²) in [4.78, 5) is 17.8. The fourth-order valence-corrected chi connectivity index (χ4v) is 3.96. The van der Waals surface area contributed by atoms with E-state index in [1.54, 1.807) is 13.0 Å². The lowest BCUT2D eigenvalue weighted by Crippen LogP contribution is -2.22. The van der Waals surface area contributed by atoms with Gasteiger partial charge in [0.25, 0.3) is 6.10 Å². The summed E-state index contributed by atoms with van der Waals surface area (Å²) in [6.07, 6.45) is -1.17. The van der Waals surface area contributed by atoms with Crippen LogP contribution in [0.4, 0.5) is 0 Å². The van der Waals surface area contributed by atoms with Crippen molar-refractivity contribution in [1.82, 2.24) is 4.98 Å². The standard InChI is InChI=1S/C31H25NO4/c1-2-34-31(33)29(35-26-20-12-19-25(21-26)22-13-6-3-7-14-22)30-32-27(23-15-8-4-9-16-23)28(36-30)24-17-10-5-11-18-24/h3-21,29H,2H2,1H3. The Morgan fingerprint density at radius 3 is 1.97 bits per heavy atom.